The van der Waals surface area contributed by atoms with E-state index in [-0.39, 0.29) is 17.2 Å². The van der Waals surface area contributed by atoms with Gasteiger partial charge in [-0.25, -0.2) is 8.42 Å². The van der Waals surface area contributed by atoms with Gasteiger partial charge in [-0.05, 0) is 54.8 Å². The number of sulfonamides is 1. The quantitative estimate of drug-likeness (QED) is 0.655. The predicted octanol–water partition coefficient (Wildman–Crippen LogP) is 3.69. The van der Waals surface area contributed by atoms with Crippen molar-refractivity contribution in [3.05, 3.63) is 54.1 Å². The zero-order chi connectivity index (χ0) is 20.6. The Balaban J connectivity index is 2.03. The highest BCUT2D eigenvalue weighted by Gasteiger charge is 2.22. The first kappa shape index (κ1) is 21.9. The number of nitrogens with one attached hydrogen (secondary N) is 1. The summed E-state index contributed by atoms with van der Waals surface area (Å²) in [4.78, 5) is 12.5. The number of rotatable bonds is 10. The summed E-state index contributed by atoms with van der Waals surface area (Å²) in [5, 5.41) is 2.80. The number of ether oxygens (including phenoxy) is 1. The van der Waals surface area contributed by atoms with Gasteiger partial charge in [0, 0.05) is 18.8 Å². The second-order valence-corrected chi connectivity index (χ2v) is 8.44. The molecule has 0 heterocycles. The molecule has 0 fully saturated rings. The maximum atomic E-state index is 12.8. The van der Waals surface area contributed by atoms with Crippen molar-refractivity contribution in [1.29, 1.82) is 0 Å². The number of nitrogens with zero attached hydrogens (tertiary/aromatic N) is 1. The molecular formula is C21H28N2O4S. The van der Waals surface area contributed by atoms with Gasteiger partial charge in [-0.3, -0.25) is 4.79 Å². The molecule has 152 valence electrons. The molecule has 0 radical (unpaired) electrons. The molecule has 1 N–H and O–H groups in total. The average Bonchev–Trinajstić information content (AvgIpc) is 2.68. The molecule has 0 aromatic heterocycles. The van der Waals surface area contributed by atoms with Crippen LogP contribution in [0.2, 0.25) is 0 Å². The van der Waals surface area contributed by atoms with Crippen LogP contribution in [0.1, 0.15) is 32.3 Å². The number of carbonyl (C=O) groups excluding carboxylic acids is 1. The summed E-state index contributed by atoms with van der Waals surface area (Å²) in [6.45, 7) is 4.91. The monoisotopic (exact) mass is 404 g/mol. The van der Waals surface area contributed by atoms with Gasteiger partial charge in [0.05, 0.1) is 18.4 Å². The third-order valence-corrected chi connectivity index (χ3v) is 6.16. The molecule has 2 aromatic carbocycles. The van der Waals surface area contributed by atoms with Crippen LogP contribution in [-0.2, 0) is 21.2 Å². The van der Waals surface area contributed by atoms with E-state index < -0.39 is 10.0 Å². The Hall–Kier alpha value is -2.38. The maximum Gasteiger partial charge on any atom is 0.243 e. The lowest BCUT2D eigenvalue weighted by Crippen LogP contribution is -2.32. The van der Waals surface area contributed by atoms with E-state index in [1.807, 2.05) is 26.0 Å². The van der Waals surface area contributed by atoms with Gasteiger partial charge in [0.2, 0.25) is 15.9 Å². The van der Waals surface area contributed by atoms with E-state index in [1.165, 1.54) is 16.4 Å². The van der Waals surface area contributed by atoms with Crippen LogP contribution in [0.15, 0.2) is 53.4 Å². The Kier molecular flexibility index (Phi) is 8.02. The van der Waals surface area contributed by atoms with Crippen LogP contribution in [-0.4, -0.2) is 38.8 Å². The highest BCUT2D eigenvalue weighted by atomic mass is 32.2. The minimum Gasteiger partial charge on any atom is -0.497 e. The van der Waals surface area contributed by atoms with E-state index in [2.05, 4.69) is 5.32 Å². The molecule has 2 aromatic rings. The Morgan fingerprint density at radius 1 is 0.964 bits per heavy atom. The van der Waals surface area contributed by atoms with Gasteiger partial charge in [-0.15, -0.1) is 0 Å². The van der Waals surface area contributed by atoms with Crippen molar-refractivity contribution in [2.75, 3.05) is 25.5 Å². The van der Waals surface area contributed by atoms with E-state index in [1.54, 1.807) is 31.4 Å². The summed E-state index contributed by atoms with van der Waals surface area (Å²) in [6, 6.07) is 13.6. The van der Waals surface area contributed by atoms with E-state index in [9.17, 15) is 13.2 Å². The van der Waals surface area contributed by atoms with Crippen LogP contribution in [0.5, 0.6) is 5.75 Å². The molecule has 28 heavy (non-hydrogen) atoms. The first-order valence-corrected chi connectivity index (χ1v) is 10.9. The average molecular weight is 405 g/mol. The topological polar surface area (TPSA) is 75.7 Å². The predicted molar refractivity (Wildman–Crippen MR) is 111 cm³/mol. The van der Waals surface area contributed by atoms with Gasteiger partial charge < -0.3 is 10.1 Å². The molecule has 0 unspecified atom stereocenters. The van der Waals surface area contributed by atoms with Crippen molar-refractivity contribution < 1.29 is 17.9 Å². The SMILES string of the molecule is CCCN(CCC)S(=O)(=O)c1ccc(NC(=O)Cc2ccc(OC)cc2)cc1. The Labute approximate surface area is 167 Å². The number of carbonyl (C=O) groups is 1. The second kappa shape index (κ2) is 10.2. The zero-order valence-electron chi connectivity index (χ0n) is 16.6. The van der Waals surface area contributed by atoms with Gasteiger partial charge in [0.1, 0.15) is 5.75 Å². The molecule has 0 bridgehead atoms. The molecule has 0 saturated carbocycles. The molecule has 0 spiro atoms. The molecule has 0 aliphatic heterocycles. The van der Waals surface area contributed by atoms with Crippen molar-refractivity contribution in [1.82, 2.24) is 4.31 Å². The van der Waals surface area contributed by atoms with Crippen molar-refractivity contribution in [3.8, 4) is 5.75 Å². The largest absolute Gasteiger partial charge is 0.497 e. The maximum absolute atomic E-state index is 12.8. The van der Waals surface area contributed by atoms with E-state index >= 15 is 0 Å². The first-order chi connectivity index (χ1) is 13.4. The van der Waals surface area contributed by atoms with Crippen LogP contribution >= 0.6 is 0 Å². The lowest BCUT2D eigenvalue weighted by Gasteiger charge is -2.21. The normalized spacial score (nSPS) is 11.4. The van der Waals surface area contributed by atoms with E-state index in [4.69, 9.17) is 4.74 Å². The molecular weight excluding hydrogens is 376 g/mol. The molecule has 0 saturated heterocycles. The minimum atomic E-state index is -3.52. The van der Waals surface area contributed by atoms with Crippen LogP contribution in [0.25, 0.3) is 0 Å². The molecule has 0 aliphatic rings. The highest BCUT2D eigenvalue weighted by molar-refractivity contribution is 7.89. The number of benzene rings is 2. The molecule has 1 amide bonds. The number of methoxy groups -OCH3 is 1. The fraction of sp³-hybridized carbons (Fsp3) is 0.381. The molecule has 0 atom stereocenters. The fourth-order valence-electron chi connectivity index (χ4n) is 2.84. The smallest absolute Gasteiger partial charge is 0.243 e. The van der Waals surface area contributed by atoms with E-state index in [0.717, 1.165) is 24.2 Å². The van der Waals surface area contributed by atoms with E-state index in [0.29, 0.717) is 18.8 Å². The third-order valence-electron chi connectivity index (χ3n) is 4.25. The van der Waals surface area contributed by atoms with Gasteiger partial charge in [-0.1, -0.05) is 26.0 Å². The molecule has 7 heteroatoms. The molecule has 0 aliphatic carbocycles. The standard InChI is InChI=1S/C21H28N2O4S/c1-4-14-23(15-5-2)28(25,26)20-12-8-18(9-13-20)22-21(24)16-17-6-10-19(27-3)11-7-17/h6-13H,4-5,14-16H2,1-3H3,(H,22,24). The van der Waals surface area contributed by atoms with Crippen molar-refractivity contribution in [3.63, 3.8) is 0 Å². The lowest BCUT2D eigenvalue weighted by molar-refractivity contribution is -0.115. The summed E-state index contributed by atoms with van der Waals surface area (Å²) in [7, 11) is -1.92. The van der Waals surface area contributed by atoms with Crippen molar-refractivity contribution in [2.45, 2.75) is 38.0 Å². The van der Waals surface area contributed by atoms with Gasteiger partial charge in [0.15, 0.2) is 0 Å². The molecule has 2 rings (SSSR count). The zero-order valence-corrected chi connectivity index (χ0v) is 17.5. The Morgan fingerprint density at radius 3 is 2.04 bits per heavy atom. The summed E-state index contributed by atoms with van der Waals surface area (Å²) in [5.74, 6) is 0.570. The van der Waals surface area contributed by atoms with Crippen LogP contribution in [0.4, 0.5) is 5.69 Å². The summed E-state index contributed by atoms with van der Waals surface area (Å²) in [5.41, 5.74) is 1.43. The number of anilines is 1. The van der Waals surface area contributed by atoms with Gasteiger partial charge in [0.25, 0.3) is 0 Å². The van der Waals surface area contributed by atoms with Crippen LogP contribution in [0.3, 0.4) is 0 Å². The van der Waals surface area contributed by atoms with Crippen molar-refractivity contribution >= 4 is 21.6 Å². The third kappa shape index (κ3) is 5.81. The van der Waals surface area contributed by atoms with Crippen molar-refractivity contribution in [2.24, 2.45) is 0 Å². The number of hydrogen-bond acceptors (Lipinski definition) is 4. The second-order valence-electron chi connectivity index (χ2n) is 6.50. The lowest BCUT2D eigenvalue weighted by atomic mass is 10.1. The molecule has 6 nitrogen and oxygen atoms in total. The summed E-state index contributed by atoms with van der Waals surface area (Å²) >= 11 is 0. The number of hydrogen-bond donors (Lipinski definition) is 1. The summed E-state index contributed by atoms with van der Waals surface area (Å²) in [6.07, 6.45) is 1.75. The van der Waals surface area contributed by atoms with Crippen LogP contribution in [0, 0.1) is 0 Å². The summed E-state index contributed by atoms with van der Waals surface area (Å²) < 4.78 is 32.1. The van der Waals surface area contributed by atoms with Gasteiger partial charge in [-0.2, -0.15) is 4.31 Å². The van der Waals surface area contributed by atoms with Crippen LogP contribution < -0.4 is 10.1 Å². The number of amides is 1. The first-order valence-electron chi connectivity index (χ1n) is 9.43. The van der Waals surface area contributed by atoms with Gasteiger partial charge >= 0.3 is 0 Å². The Morgan fingerprint density at radius 2 is 1.54 bits per heavy atom. The minimum absolute atomic E-state index is 0.167. The fourth-order valence-corrected chi connectivity index (χ4v) is 4.47. The highest BCUT2D eigenvalue weighted by Crippen LogP contribution is 2.19. The Bertz CT molecular complexity index is 856.